The average molecular weight is 490 g/mol. The molecule has 0 aliphatic carbocycles. The summed E-state index contributed by atoms with van der Waals surface area (Å²) in [7, 11) is 0. The molecule has 0 saturated carbocycles. The second-order valence-electron chi connectivity index (χ2n) is 10.1. The highest BCUT2D eigenvalue weighted by Gasteiger charge is 2.44. The van der Waals surface area contributed by atoms with Crippen molar-refractivity contribution in [3.8, 4) is 11.5 Å². The van der Waals surface area contributed by atoms with Gasteiger partial charge in [0.05, 0.1) is 11.4 Å². The average Bonchev–Trinajstić information content (AvgIpc) is 3.47. The second kappa shape index (κ2) is 9.55. The van der Waals surface area contributed by atoms with E-state index >= 15 is 0 Å². The Bertz CT molecular complexity index is 1130. The molecule has 4 heterocycles. The molecule has 0 aromatic heterocycles. The van der Waals surface area contributed by atoms with E-state index in [0.29, 0.717) is 36.8 Å². The lowest BCUT2D eigenvalue weighted by Crippen LogP contribution is -2.50. The van der Waals surface area contributed by atoms with Crippen molar-refractivity contribution in [1.82, 2.24) is 9.80 Å². The Morgan fingerprint density at radius 1 is 1.00 bits per heavy atom. The number of thioether (sulfide) groups is 1. The number of carbonyl (C=O) groups excluding carboxylic acids is 1. The fourth-order valence-electron chi connectivity index (χ4n) is 6.48. The number of para-hydroxylation sites is 2. The van der Waals surface area contributed by atoms with E-state index < -0.39 is 0 Å². The molecule has 0 unspecified atom stereocenters. The fourth-order valence-corrected chi connectivity index (χ4v) is 7.45. The number of allylic oxidation sites excluding steroid dienone is 1. The second-order valence-corrected chi connectivity index (χ2v) is 11.3. The van der Waals surface area contributed by atoms with Crippen LogP contribution in [0.2, 0.25) is 0 Å². The summed E-state index contributed by atoms with van der Waals surface area (Å²) in [6.45, 7) is 6.60. The Kier molecular flexibility index (Phi) is 6.27. The summed E-state index contributed by atoms with van der Waals surface area (Å²) in [6.07, 6.45) is 8.61. The van der Waals surface area contributed by atoms with E-state index in [1.54, 1.807) is 4.91 Å². The zero-order valence-electron chi connectivity index (χ0n) is 20.8. The fraction of sp³-hybridized carbons (Fsp3) is 0.483. The van der Waals surface area contributed by atoms with Crippen molar-refractivity contribution in [3.63, 3.8) is 0 Å². The molecule has 6 heteroatoms. The van der Waals surface area contributed by atoms with Gasteiger partial charge in [0.25, 0.3) is 5.91 Å². The highest BCUT2D eigenvalue weighted by molar-refractivity contribution is 8.03. The molecular formula is C29H35N3O2S. The van der Waals surface area contributed by atoms with Crippen molar-refractivity contribution in [1.29, 1.82) is 0 Å². The van der Waals surface area contributed by atoms with Crippen LogP contribution in [0.4, 0.5) is 11.4 Å². The molecule has 2 bridgehead atoms. The Morgan fingerprint density at radius 3 is 2.46 bits per heavy atom. The molecule has 0 spiro atoms. The van der Waals surface area contributed by atoms with E-state index in [0.717, 1.165) is 29.4 Å². The molecule has 6 rings (SSSR count). The number of nitrogens with zero attached hydrogens (tertiary/aromatic N) is 3. The third-order valence-corrected chi connectivity index (χ3v) is 9.31. The normalized spacial score (nSPS) is 25.0. The Labute approximate surface area is 213 Å². The predicted octanol–water partition coefficient (Wildman–Crippen LogP) is 6.43. The van der Waals surface area contributed by atoms with E-state index in [1.165, 1.54) is 37.9 Å². The maximum Gasteiger partial charge on any atom is 0.253 e. The zero-order chi connectivity index (χ0) is 23.9. The number of hydrogen-bond acceptors (Lipinski definition) is 5. The molecule has 4 aliphatic heterocycles. The van der Waals surface area contributed by atoms with Crippen LogP contribution >= 0.6 is 11.8 Å². The maximum atomic E-state index is 13.0. The van der Waals surface area contributed by atoms with Gasteiger partial charge < -0.3 is 14.5 Å². The number of anilines is 2. The minimum atomic E-state index is 0.0669. The minimum Gasteiger partial charge on any atom is -0.453 e. The lowest BCUT2D eigenvalue weighted by atomic mass is 9.93. The summed E-state index contributed by atoms with van der Waals surface area (Å²) in [5.74, 6) is 3.00. The molecule has 35 heavy (non-hydrogen) atoms. The number of piperidine rings is 1. The molecule has 0 radical (unpaired) electrons. The van der Waals surface area contributed by atoms with Gasteiger partial charge in [0.2, 0.25) is 0 Å². The summed E-state index contributed by atoms with van der Waals surface area (Å²) < 4.78 is 6.38. The van der Waals surface area contributed by atoms with Gasteiger partial charge in [0.1, 0.15) is 0 Å². The van der Waals surface area contributed by atoms with Gasteiger partial charge in [-0.1, -0.05) is 18.2 Å². The summed E-state index contributed by atoms with van der Waals surface area (Å²) >= 11 is 2.05. The first-order valence-corrected chi connectivity index (χ1v) is 14.2. The van der Waals surface area contributed by atoms with Crippen molar-refractivity contribution in [2.45, 2.75) is 64.1 Å². The van der Waals surface area contributed by atoms with Crippen molar-refractivity contribution in [2.75, 3.05) is 30.3 Å². The molecular weight excluding hydrogens is 454 g/mol. The maximum absolute atomic E-state index is 13.0. The number of amides is 1. The predicted molar refractivity (Wildman–Crippen MR) is 144 cm³/mol. The smallest absolute Gasteiger partial charge is 0.253 e. The summed E-state index contributed by atoms with van der Waals surface area (Å²) in [4.78, 5) is 21.8. The Morgan fingerprint density at radius 2 is 1.74 bits per heavy atom. The van der Waals surface area contributed by atoms with Gasteiger partial charge in [-0.2, -0.15) is 0 Å². The number of fused-ring (bicyclic) bond motifs is 4. The molecule has 2 fully saturated rings. The minimum absolute atomic E-state index is 0.0669. The Hall–Kier alpha value is -2.44. The lowest BCUT2D eigenvalue weighted by molar-refractivity contribution is 0.0772. The zero-order valence-corrected chi connectivity index (χ0v) is 21.6. The van der Waals surface area contributed by atoms with Crippen LogP contribution in [0.1, 0.15) is 56.3 Å². The first-order chi connectivity index (χ1) is 17.2. The van der Waals surface area contributed by atoms with Crippen LogP contribution in [0.3, 0.4) is 0 Å². The van der Waals surface area contributed by atoms with E-state index in [1.807, 2.05) is 48.7 Å². The van der Waals surface area contributed by atoms with Gasteiger partial charge in [-0.05, 0) is 81.2 Å². The molecule has 2 saturated heterocycles. The van der Waals surface area contributed by atoms with E-state index in [2.05, 4.69) is 40.1 Å². The standard InChI is InChI=1S/C29H35N3O2S/c1-3-30(4-2)29(33)20-11-14-26-28(16-20)34-27-10-6-5-9-25(27)32(26)23-17-21-12-13-22(18-23)31(21)19-24-8-7-15-35-24/h5-6,8-11,14,16,21-23H,3-4,7,12-13,15,17-19H2,1-2H3/t21-,22+,23-. The topological polar surface area (TPSA) is 36.0 Å². The Balaban J connectivity index is 1.31. The number of ether oxygens (including phenoxy) is 1. The van der Waals surface area contributed by atoms with Crippen LogP contribution in [0.15, 0.2) is 53.4 Å². The van der Waals surface area contributed by atoms with E-state index in [4.69, 9.17) is 4.74 Å². The van der Waals surface area contributed by atoms with E-state index in [-0.39, 0.29) is 5.91 Å². The van der Waals surface area contributed by atoms with Gasteiger partial charge in [-0.25, -0.2) is 0 Å². The molecule has 2 aromatic rings. The molecule has 1 amide bonds. The molecule has 184 valence electrons. The first-order valence-electron chi connectivity index (χ1n) is 13.2. The highest BCUT2D eigenvalue weighted by Crippen LogP contribution is 2.51. The number of carbonyl (C=O) groups is 1. The van der Waals surface area contributed by atoms with E-state index in [9.17, 15) is 4.79 Å². The van der Waals surface area contributed by atoms with Crippen molar-refractivity contribution in [2.24, 2.45) is 0 Å². The third-order valence-electron chi connectivity index (χ3n) is 8.20. The van der Waals surface area contributed by atoms with Crippen LogP contribution in [-0.2, 0) is 0 Å². The van der Waals surface area contributed by atoms with Gasteiger partial charge >= 0.3 is 0 Å². The molecule has 0 N–H and O–H groups in total. The summed E-state index contributed by atoms with van der Waals surface area (Å²) in [5, 5.41) is 0. The third kappa shape index (κ3) is 4.15. The van der Waals surface area contributed by atoms with Crippen LogP contribution in [0.25, 0.3) is 0 Å². The van der Waals surface area contributed by atoms with Gasteiger partial charge in [0.15, 0.2) is 11.5 Å². The summed E-state index contributed by atoms with van der Waals surface area (Å²) in [5.41, 5.74) is 2.94. The first kappa shape index (κ1) is 23.0. The highest BCUT2D eigenvalue weighted by atomic mass is 32.2. The summed E-state index contributed by atoms with van der Waals surface area (Å²) in [6, 6.07) is 16.1. The van der Waals surface area contributed by atoms with Crippen molar-refractivity contribution >= 4 is 29.0 Å². The largest absolute Gasteiger partial charge is 0.453 e. The monoisotopic (exact) mass is 489 g/mol. The van der Waals surface area contributed by atoms with Gasteiger partial charge in [0, 0.05) is 49.1 Å². The quantitative estimate of drug-likeness (QED) is 0.467. The number of rotatable bonds is 6. The molecule has 4 aliphatic rings. The number of benzene rings is 2. The number of hydrogen-bond donors (Lipinski definition) is 0. The van der Waals surface area contributed by atoms with Crippen LogP contribution in [0.5, 0.6) is 11.5 Å². The van der Waals surface area contributed by atoms with Crippen molar-refractivity contribution in [3.05, 3.63) is 59.0 Å². The molecule has 2 aromatic carbocycles. The van der Waals surface area contributed by atoms with Crippen molar-refractivity contribution < 1.29 is 9.53 Å². The van der Waals surface area contributed by atoms with Gasteiger partial charge in [-0.3, -0.25) is 9.69 Å². The molecule has 5 nitrogen and oxygen atoms in total. The van der Waals surface area contributed by atoms with Crippen LogP contribution in [0, 0.1) is 0 Å². The SMILES string of the molecule is CCN(CC)C(=O)c1ccc2c(c1)Oc1ccccc1N2[C@@H]1C[C@H]2CC[C@@H](C1)N2CC1=CCCS1. The van der Waals surface area contributed by atoms with Crippen LogP contribution < -0.4 is 9.64 Å². The molecule has 3 atom stereocenters. The van der Waals surface area contributed by atoms with Gasteiger partial charge in [-0.15, -0.1) is 11.8 Å². The van der Waals surface area contributed by atoms with Crippen LogP contribution in [-0.4, -0.2) is 59.2 Å². The lowest BCUT2D eigenvalue weighted by Gasteiger charge is -2.46.